The second-order valence-corrected chi connectivity index (χ2v) is 6.29. The van der Waals surface area contributed by atoms with Crippen LogP contribution in [0.2, 0.25) is 0 Å². The summed E-state index contributed by atoms with van der Waals surface area (Å²) in [7, 11) is 0. The number of allylic oxidation sites excluding steroid dienone is 2. The topological polar surface area (TPSA) is 113 Å². The second-order valence-electron chi connectivity index (χ2n) is 6.29. The molecule has 0 radical (unpaired) electrons. The van der Waals surface area contributed by atoms with E-state index in [4.69, 9.17) is 9.47 Å². The smallest absolute Gasteiger partial charge is 0.347 e. The number of carbonyl (C=O) groups is 2. The molecule has 0 amide bonds. The second kappa shape index (κ2) is 6.35. The molecule has 7 nitrogen and oxygen atoms in total. The SMILES string of the molecule is C/C=C(/C)c1c2c(c(C)c(O)c1C(=O)O)OC(=O)c1c(C)cc(O)cc1O2. The van der Waals surface area contributed by atoms with Crippen molar-refractivity contribution in [2.75, 3.05) is 0 Å². The van der Waals surface area contributed by atoms with Gasteiger partial charge in [0.1, 0.15) is 28.4 Å². The summed E-state index contributed by atoms with van der Waals surface area (Å²) in [5.74, 6) is -2.70. The van der Waals surface area contributed by atoms with Gasteiger partial charge in [-0.15, -0.1) is 0 Å². The van der Waals surface area contributed by atoms with Gasteiger partial charge in [-0.3, -0.25) is 0 Å². The highest BCUT2D eigenvalue weighted by Gasteiger charge is 2.34. The van der Waals surface area contributed by atoms with Crippen molar-refractivity contribution in [2.24, 2.45) is 0 Å². The van der Waals surface area contributed by atoms with E-state index in [0.29, 0.717) is 11.1 Å². The van der Waals surface area contributed by atoms with Gasteiger partial charge in [0.05, 0.1) is 0 Å². The molecule has 0 spiro atoms. The lowest BCUT2D eigenvalue weighted by atomic mass is 9.95. The van der Waals surface area contributed by atoms with Gasteiger partial charge < -0.3 is 24.8 Å². The lowest BCUT2D eigenvalue weighted by molar-refractivity contribution is 0.0692. The zero-order valence-corrected chi connectivity index (χ0v) is 15.2. The highest BCUT2D eigenvalue weighted by molar-refractivity contribution is 6.02. The molecule has 27 heavy (non-hydrogen) atoms. The third-order valence-electron chi connectivity index (χ3n) is 4.55. The Bertz CT molecular complexity index is 1030. The van der Waals surface area contributed by atoms with E-state index in [-0.39, 0.29) is 45.3 Å². The molecule has 3 rings (SSSR count). The summed E-state index contributed by atoms with van der Waals surface area (Å²) in [5.41, 5.74) is 0.882. The van der Waals surface area contributed by atoms with E-state index in [1.807, 2.05) is 0 Å². The van der Waals surface area contributed by atoms with Crippen LogP contribution >= 0.6 is 0 Å². The molecular weight excluding hydrogens is 352 g/mol. The number of aryl methyl sites for hydroxylation is 1. The number of rotatable bonds is 2. The average Bonchev–Trinajstić information content (AvgIpc) is 2.73. The Balaban J connectivity index is 2.45. The number of aromatic carboxylic acids is 1. The third-order valence-corrected chi connectivity index (χ3v) is 4.55. The summed E-state index contributed by atoms with van der Waals surface area (Å²) in [4.78, 5) is 24.5. The number of phenols is 2. The minimum absolute atomic E-state index is 0.00426. The summed E-state index contributed by atoms with van der Waals surface area (Å²) < 4.78 is 11.4. The number of ether oxygens (including phenoxy) is 2. The lowest BCUT2D eigenvalue weighted by Gasteiger charge is -2.19. The highest BCUT2D eigenvalue weighted by Crippen LogP contribution is 2.50. The molecule has 0 saturated heterocycles. The maximum Gasteiger partial charge on any atom is 0.347 e. The van der Waals surface area contributed by atoms with Crippen molar-refractivity contribution in [1.82, 2.24) is 0 Å². The molecule has 1 heterocycles. The Kier molecular flexibility index (Phi) is 4.31. The molecule has 140 valence electrons. The Morgan fingerprint density at radius 1 is 1.07 bits per heavy atom. The van der Waals surface area contributed by atoms with Crippen molar-refractivity contribution in [3.8, 4) is 28.7 Å². The Labute approximate surface area is 155 Å². The van der Waals surface area contributed by atoms with Gasteiger partial charge in [0.25, 0.3) is 0 Å². The van der Waals surface area contributed by atoms with Crippen molar-refractivity contribution in [3.63, 3.8) is 0 Å². The summed E-state index contributed by atoms with van der Waals surface area (Å²) in [5, 5.41) is 30.0. The number of hydrogen-bond acceptors (Lipinski definition) is 6. The molecule has 0 bridgehead atoms. The van der Waals surface area contributed by atoms with E-state index in [2.05, 4.69) is 0 Å². The largest absolute Gasteiger partial charge is 0.508 e. The summed E-state index contributed by atoms with van der Waals surface area (Å²) in [6.45, 7) is 6.41. The first-order valence-electron chi connectivity index (χ1n) is 8.17. The molecule has 1 aliphatic rings. The summed E-state index contributed by atoms with van der Waals surface area (Å²) >= 11 is 0. The van der Waals surface area contributed by atoms with Crippen molar-refractivity contribution in [3.05, 3.63) is 46.0 Å². The number of phenolic OH excluding ortho intramolecular Hbond substituents is 1. The fourth-order valence-corrected chi connectivity index (χ4v) is 3.09. The van der Waals surface area contributed by atoms with Gasteiger partial charge in [0, 0.05) is 17.2 Å². The van der Waals surface area contributed by atoms with Crippen LogP contribution in [-0.4, -0.2) is 27.3 Å². The van der Waals surface area contributed by atoms with E-state index in [9.17, 15) is 24.9 Å². The number of carboxylic acid groups (broad SMARTS) is 1. The van der Waals surface area contributed by atoms with E-state index in [0.717, 1.165) is 0 Å². The van der Waals surface area contributed by atoms with Crippen LogP contribution in [0.4, 0.5) is 0 Å². The number of fused-ring (bicyclic) bond motifs is 2. The van der Waals surface area contributed by atoms with Crippen LogP contribution in [0.25, 0.3) is 5.57 Å². The van der Waals surface area contributed by atoms with Crippen LogP contribution in [0, 0.1) is 13.8 Å². The molecular formula is C20H18O7. The van der Waals surface area contributed by atoms with E-state index in [1.54, 1.807) is 26.8 Å². The van der Waals surface area contributed by atoms with Crippen molar-refractivity contribution >= 4 is 17.5 Å². The predicted molar refractivity (Wildman–Crippen MR) is 97.0 cm³/mol. The van der Waals surface area contributed by atoms with Gasteiger partial charge in [0.2, 0.25) is 0 Å². The van der Waals surface area contributed by atoms with Gasteiger partial charge in [-0.05, 0) is 44.9 Å². The molecule has 7 heteroatoms. The van der Waals surface area contributed by atoms with Crippen LogP contribution in [-0.2, 0) is 0 Å². The zero-order valence-electron chi connectivity index (χ0n) is 15.2. The van der Waals surface area contributed by atoms with Crippen LogP contribution in [0.3, 0.4) is 0 Å². The molecule has 0 aromatic heterocycles. The molecule has 3 N–H and O–H groups in total. The quantitative estimate of drug-likeness (QED) is 0.537. The van der Waals surface area contributed by atoms with Gasteiger partial charge in [0.15, 0.2) is 11.5 Å². The van der Waals surface area contributed by atoms with E-state index >= 15 is 0 Å². The molecule has 0 aliphatic carbocycles. The van der Waals surface area contributed by atoms with Crippen molar-refractivity contribution < 1.29 is 34.4 Å². The number of esters is 1. The molecule has 2 aromatic rings. The Morgan fingerprint density at radius 3 is 2.33 bits per heavy atom. The molecule has 0 fully saturated rings. The third kappa shape index (κ3) is 2.77. The number of aromatic hydroxyl groups is 2. The number of carboxylic acids is 1. The van der Waals surface area contributed by atoms with Gasteiger partial charge in [-0.25, -0.2) is 9.59 Å². The van der Waals surface area contributed by atoms with Crippen molar-refractivity contribution in [1.29, 1.82) is 0 Å². The molecule has 0 unspecified atom stereocenters. The van der Waals surface area contributed by atoms with E-state index in [1.165, 1.54) is 19.1 Å². The fraction of sp³-hybridized carbons (Fsp3) is 0.200. The van der Waals surface area contributed by atoms with Gasteiger partial charge in [-0.1, -0.05) is 6.08 Å². The standard InChI is InChI=1S/C20H18O7/c1-5-8(2)14-15(19(23)24)16(22)10(4)17-18(14)26-12-7-11(21)6-9(3)13(12)20(25)27-17/h5-7,21-22H,1-4H3,(H,23,24)/b8-5-. The maximum atomic E-state index is 12.6. The maximum absolute atomic E-state index is 12.6. The Hall–Kier alpha value is -3.48. The van der Waals surface area contributed by atoms with Crippen LogP contribution in [0.15, 0.2) is 18.2 Å². The zero-order chi connectivity index (χ0) is 20.0. The minimum Gasteiger partial charge on any atom is -0.508 e. The first-order chi connectivity index (χ1) is 12.7. The molecule has 0 saturated carbocycles. The fourth-order valence-electron chi connectivity index (χ4n) is 3.09. The van der Waals surface area contributed by atoms with Crippen molar-refractivity contribution in [2.45, 2.75) is 27.7 Å². The van der Waals surface area contributed by atoms with Crippen LogP contribution < -0.4 is 9.47 Å². The van der Waals surface area contributed by atoms with Gasteiger partial charge in [-0.2, -0.15) is 0 Å². The van der Waals surface area contributed by atoms with Crippen LogP contribution in [0.5, 0.6) is 28.7 Å². The monoisotopic (exact) mass is 370 g/mol. The molecule has 2 aromatic carbocycles. The van der Waals surface area contributed by atoms with E-state index < -0.39 is 17.7 Å². The van der Waals surface area contributed by atoms with Crippen LogP contribution in [0.1, 0.15) is 51.3 Å². The Morgan fingerprint density at radius 2 is 1.74 bits per heavy atom. The summed E-state index contributed by atoms with van der Waals surface area (Å²) in [6.07, 6.45) is 1.65. The normalized spacial score (nSPS) is 13.2. The number of benzene rings is 2. The summed E-state index contributed by atoms with van der Waals surface area (Å²) in [6, 6.07) is 2.65. The minimum atomic E-state index is -1.35. The average molecular weight is 370 g/mol. The number of hydrogen-bond donors (Lipinski definition) is 3. The predicted octanol–water partition coefficient (Wildman–Crippen LogP) is 4.16. The first-order valence-corrected chi connectivity index (χ1v) is 8.17. The first kappa shape index (κ1) is 18.3. The molecule has 0 atom stereocenters. The van der Waals surface area contributed by atoms with Gasteiger partial charge >= 0.3 is 11.9 Å². The number of carbonyl (C=O) groups excluding carboxylic acids is 1. The molecule has 1 aliphatic heterocycles. The lowest BCUT2D eigenvalue weighted by Crippen LogP contribution is -2.11. The highest BCUT2D eigenvalue weighted by atomic mass is 16.6.